The maximum atomic E-state index is 5.71. The Balaban J connectivity index is 2.31. The second-order valence-electron chi connectivity index (χ2n) is 4.76. The zero-order valence-corrected chi connectivity index (χ0v) is 12.4. The van der Waals surface area contributed by atoms with E-state index in [0.717, 1.165) is 30.8 Å². The number of guanidine groups is 1. The predicted molar refractivity (Wildman–Crippen MR) is 89.6 cm³/mol. The zero-order valence-electron chi connectivity index (χ0n) is 12.4. The Morgan fingerprint density at radius 1 is 1.05 bits per heavy atom. The van der Waals surface area contributed by atoms with Crippen molar-refractivity contribution in [1.29, 1.82) is 0 Å². The molecule has 0 heterocycles. The van der Waals surface area contributed by atoms with Crippen molar-refractivity contribution in [3.63, 3.8) is 0 Å². The van der Waals surface area contributed by atoms with Gasteiger partial charge in [-0.2, -0.15) is 0 Å². The SMILES string of the molecule is CCCCN(C(=Nc1ccccc1)NN)c1ccccc1. The highest BCUT2D eigenvalue weighted by atomic mass is 15.4. The number of rotatable bonds is 5. The number of benzene rings is 2. The lowest BCUT2D eigenvalue weighted by molar-refractivity contribution is 0.781. The van der Waals surface area contributed by atoms with Crippen LogP contribution in [0, 0.1) is 0 Å². The summed E-state index contributed by atoms with van der Waals surface area (Å²) in [5.74, 6) is 6.36. The van der Waals surface area contributed by atoms with E-state index in [0.29, 0.717) is 5.96 Å². The first-order valence-corrected chi connectivity index (χ1v) is 7.28. The highest BCUT2D eigenvalue weighted by Gasteiger charge is 2.12. The van der Waals surface area contributed by atoms with Crippen molar-refractivity contribution in [1.82, 2.24) is 5.43 Å². The molecule has 0 aliphatic carbocycles. The number of nitrogens with zero attached hydrogens (tertiary/aromatic N) is 2. The molecule has 0 unspecified atom stereocenters. The van der Waals surface area contributed by atoms with Gasteiger partial charge in [-0.05, 0) is 30.7 Å². The minimum Gasteiger partial charge on any atom is -0.311 e. The van der Waals surface area contributed by atoms with Gasteiger partial charge in [0.1, 0.15) is 0 Å². The number of nitrogens with two attached hydrogens (primary N) is 1. The van der Waals surface area contributed by atoms with Crippen LogP contribution in [0.1, 0.15) is 19.8 Å². The second kappa shape index (κ2) is 8.07. The van der Waals surface area contributed by atoms with Crippen molar-refractivity contribution in [2.75, 3.05) is 11.4 Å². The molecular formula is C17H22N4. The molecule has 0 aromatic heterocycles. The summed E-state index contributed by atoms with van der Waals surface area (Å²) >= 11 is 0. The maximum absolute atomic E-state index is 5.71. The van der Waals surface area contributed by atoms with Gasteiger partial charge in [-0.25, -0.2) is 10.8 Å². The third kappa shape index (κ3) is 4.33. The Bertz CT molecular complexity index is 552. The van der Waals surface area contributed by atoms with Crippen molar-refractivity contribution in [3.05, 3.63) is 60.7 Å². The van der Waals surface area contributed by atoms with Gasteiger partial charge in [-0.3, -0.25) is 5.43 Å². The van der Waals surface area contributed by atoms with Gasteiger partial charge >= 0.3 is 0 Å². The standard InChI is InChI=1S/C17H22N4/c1-2-3-14-21(16-12-8-5-9-13-16)17(20-18)19-15-10-6-4-7-11-15/h4-13H,2-3,14,18H2,1H3,(H,19,20). The number of anilines is 1. The smallest absolute Gasteiger partial charge is 0.218 e. The molecule has 0 saturated carbocycles. The van der Waals surface area contributed by atoms with Gasteiger partial charge in [0.2, 0.25) is 5.96 Å². The van der Waals surface area contributed by atoms with Crippen molar-refractivity contribution in [2.24, 2.45) is 10.8 Å². The van der Waals surface area contributed by atoms with Gasteiger partial charge in [-0.1, -0.05) is 49.7 Å². The molecule has 0 atom stereocenters. The fourth-order valence-corrected chi connectivity index (χ4v) is 2.08. The van der Waals surface area contributed by atoms with Gasteiger partial charge in [0, 0.05) is 12.2 Å². The van der Waals surface area contributed by atoms with Crippen LogP contribution in [0.25, 0.3) is 0 Å². The van der Waals surface area contributed by atoms with Crippen molar-refractivity contribution in [2.45, 2.75) is 19.8 Å². The Kier molecular flexibility index (Phi) is 5.79. The average molecular weight is 282 g/mol. The van der Waals surface area contributed by atoms with E-state index in [1.54, 1.807) is 0 Å². The highest BCUT2D eigenvalue weighted by molar-refractivity contribution is 5.97. The lowest BCUT2D eigenvalue weighted by atomic mass is 10.2. The molecule has 0 amide bonds. The Morgan fingerprint density at radius 3 is 2.24 bits per heavy atom. The van der Waals surface area contributed by atoms with Crippen LogP contribution in [0.15, 0.2) is 65.7 Å². The molecule has 0 aliphatic heterocycles. The summed E-state index contributed by atoms with van der Waals surface area (Å²) in [5, 5.41) is 0. The summed E-state index contributed by atoms with van der Waals surface area (Å²) in [4.78, 5) is 6.72. The molecule has 110 valence electrons. The van der Waals surface area contributed by atoms with Crippen molar-refractivity contribution < 1.29 is 0 Å². The zero-order chi connectivity index (χ0) is 14.9. The molecule has 2 aromatic rings. The number of hydrogen-bond donors (Lipinski definition) is 2. The molecule has 0 fully saturated rings. The predicted octanol–water partition coefficient (Wildman–Crippen LogP) is 3.44. The molecule has 0 bridgehead atoms. The van der Waals surface area contributed by atoms with E-state index in [1.807, 2.05) is 48.5 Å². The van der Waals surface area contributed by atoms with Crippen molar-refractivity contribution >= 4 is 17.3 Å². The van der Waals surface area contributed by atoms with Crippen LogP contribution < -0.4 is 16.2 Å². The van der Waals surface area contributed by atoms with E-state index in [9.17, 15) is 0 Å². The maximum Gasteiger partial charge on any atom is 0.218 e. The molecule has 0 spiro atoms. The number of aliphatic imine (C=N–C) groups is 1. The summed E-state index contributed by atoms with van der Waals surface area (Å²) in [6, 6.07) is 20.0. The van der Waals surface area contributed by atoms with E-state index < -0.39 is 0 Å². The summed E-state index contributed by atoms with van der Waals surface area (Å²) in [6.45, 7) is 3.05. The van der Waals surface area contributed by atoms with Gasteiger partial charge in [0.15, 0.2) is 0 Å². The van der Waals surface area contributed by atoms with Gasteiger partial charge < -0.3 is 4.90 Å². The van der Waals surface area contributed by atoms with Crippen LogP contribution in [0.4, 0.5) is 11.4 Å². The Morgan fingerprint density at radius 2 is 1.67 bits per heavy atom. The van der Waals surface area contributed by atoms with Crippen LogP contribution in [0.5, 0.6) is 0 Å². The van der Waals surface area contributed by atoms with Crippen LogP contribution >= 0.6 is 0 Å². The van der Waals surface area contributed by atoms with Gasteiger partial charge in [0.25, 0.3) is 0 Å². The molecular weight excluding hydrogens is 260 g/mol. The van der Waals surface area contributed by atoms with Gasteiger partial charge in [-0.15, -0.1) is 0 Å². The summed E-state index contributed by atoms with van der Waals surface area (Å²) in [6.07, 6.45) is 2.19. The Labute approximate surface area is 126 Å². The average Bonchev–Trinajstić information content (AvgIpc) is 2.56. The molecule has 4 nitrogen and oxygen atoms in total. The van der Waals surface area contributed by atoms with Crippen molar-refractivity contribution in [3.8, 4) is 0 Å². The fourth-order valence-electron chi connectivity index (χ4n) is 2.08. The van der Waals surface area contributed by atoms with E-state index in [1.165, 1.54) is 0 Å². The summed E-state index contributed by atoms with van der Waals surface area (Å²) in [5.41, 5.74) is 4.69. The third-order valence-corrected chi connectivity index (χ3v) is 3.18. The molecule has 2 rings (SSSR count). The third-order valence-electron chi connectivity index (χ3n) is 3.18. The second-order valence-corrected chi connectivity index (χ2v) is 4.76. The first-order chi connectivity index (χ1) is 10.3. The van der Waals surface area contributed by atoms with Crippen LogP contribution in [-0.4, -0.2) is 12.5 Å². The lowest BCUT2D eigenvalue weighted by Crippen LogP contribution is -2.45. The molecule has 2 aromatic carbocycles. The van der Waals surface area contributed by atoms with Crippen LogP contribution in [-0.2, 0) is 0 Å². The first kappa shape index (κ1) is 15.1. The molecule has 21 heavy (non-hydrogen) atoms. The number of hydrazine groups is 1. The quantitative estimate of drug-likeness (QED) is 0.382. The summed E-state index contributed by atoms with van der Waals surface area (Å²) < 4.78 is 0. The number of unbranched alkanes of at least 4 members (excludes halogenated alkanes) is 1. The molecule has 0 radical (unpaired) electrons. The number of hydrogen-bond acceptors (Lipinski definition) is 2. The van der Waals surface area contributed by atoms with Crippen LogP contribution in [0.2, 0.25) is 0 Å². The van der Waals surface area contributed by atoms with E-state index in [4.69, 9.17) is 5.84 Å². The molecule has 0 aliphatic rings. The first-order valence-electron chi connectivity index (χ1n) is 7.28. The fraction of sp³-hybridized carbons (Fsp3) is 0.235. The topological polar surface area (TPSA) is 53.6 Å². The van der Waals surface area contributed by atoms with E-state index in [-0.39, 0.29) is 0 Å². The minimum absolute atomic E-state index is 0.654. The van der Waals surface area contributed by atoms with E-state index >= 15 is 0 Å². The number of para-hydroxylation sites is 2. The summed E-state index contributed by atoms with van der Waals surface area (Å²) in [7, 11) is 0. The molecule has 0 saturated heterocycles. The lowest BCUT2D eigenvalue weighted by Gasteiger charge is -2.25. The highest BCUT2D eigenvalue weighted by Crippen LogP contribution is 2.17. The minimum atomic E-state index is 0.654. The van der Waals surface area contributed by atoms with Gasteiger partial charge in [0.05, 0.1) is 5.69 Å². The monoisotopic (exact) mass is 282 g/mol. The Hall–Kier alpha value is -2.33. The molecule has 4 heteroatoms. The molecule has 3 N–H and O–H groups in total. The van der Waals surface area contributed by atoms with Crippen LogP contribution in [0.3, 0.4) is 0 Å². The normalized spacial score (nSPS) is 11.2. The van der Waals surface area contributed by atoms with E-state index in [2.05, 4.69) is 34.4 Å². The number of nitrogens with one attached hydrogen (secondary N) is 1. The largest absolute Gasteiger partial charge is 0.311 e.